The lowest BCUT2D eigenvalue weighted by molar-refractivity contribution is 0.0174. The van der Waals surface area contributed by atoms with Crippen LogP contribution in [-0.2, 0) is 21.3 Å². The van der Waals surface area contributed by atoms with Gasteiger partial charge in [-0.2, -0.15) is 5.10 Å². The van der Waals surface area contributed by atoms with E-state index in [-0.39, 0.29) is 5.92 Å². The fourth-order valence-corrected chi connectivity index (χ4v) is 1.80. The van der Waals surface area contributed by atoms with Crippen molar-refractivity contribution in [3.8, 4) is 5.88 Å². The summed E-state index contributed by atoms with van der Waals surface area (Å²) in [5, 5.41) is 4.36. The molecule has 0 unspecified atom stereocenters. The van der Waals surface area contributed by atoms with Gasteiger partial charge in [0.05, 0.1) is 38.7 Å². The van der Waals surface area contributed by atoms with Crippen LogP contribution < -0.4 is 10.5 Å². The summed E-state index contributed by atoms with van der Waals surface area (Å²) in [5.74, 6) is 0.868. The van der Waals surface area contributed by atoms with E-state index in [1.807, 2.05) is 7.05 Å². The predicted molar refractivity (Wildman–Crippen MR) is 80.7 cm³/mol. The van der Waals surface area contributed by atoms with Crippen LogP contribution in [0.1, 0.15) is 25.5 Å². The van der Waals surface area contributed by atoms with Crippen LogP contribution in [0.5, 0.6) is 5.88 Å². The van der Waals surface area contributed by atoms with E-state index >= 15 is 0 Å². The lowest BCUT2D eigenvalue weighted by Crippen LogP contribution is -2.13. The van der Waals surface area contributed by atoms with Crippen LogP contribution in [0, 0.1) is 0 Å². The number of aromatic nitrogens is 2. The average Bonchev–Trinajstić information content (AvgIpc) is 2.73. The molecular formula is C14H27N3O4. The summed E-state index contributed by atoms with van der Waals surface area (Å²) in [6.45, 7) is 7.28. The second-order valence-electron chi connectivity index (χ2n) is 4.95. The van der Waals surface area contributed by atoms with Crippen LogP contribution in [0.4, 0.5) is 5.69 Å². The number of hydrogen-bond donors (Lipinski definition) is 1. The van der Waals surface area contributed by atoms with Crippen molar-refractivity contribution in [3.63, 3.8) is 0 Å². The molecule has 122 valence electrons. The van der Waals surface area contributed by atoms with Crippen molar-refractivity contribution in [2.75, 3.05) is 52.5 Å². The van der Waals surface area contributed by atoms with E-state index in [2.05, 4.69) is 18.9 Å². The molecule has 0 amide bonds. The Balaban J connectivity index is 2.18. The molecule has 1 rings (SSSR count). The summed E-state index contributed by atoms with van der Waals surface area (Å²) in [6.07, 6.45) is 0. The summed E-state index contributed by atoms with van der Waals surface area (Å²) >= 11 is 0. The molecule has 0 aliphatic rings. The lowest BCUT2D eigenvalue weighted by Gasteiger charge is -2.08. The van der Waals surface area contributed by atoms with E-state index < -0.39 is 0 Å². The van der Waals surface area contributed by atoms with Crippen molar-refractivity contribution in [1.82, 2.24) is 9.78 Å². The lowest BCUT2D eigenvalue weighted by atomic mass is 10.1. The number of nitrogens with two attached hydrogens (primary N) is 1. The Morgan fingerprint density at radius 3 is 2.14 bits per heavy atom. The predicted octanol–water partition coefficient (Wildman–Crippen LogP) is 1.18. The molecule has 0 saturated heterocycles. The molecule has 0 spiro atoms. The van der Waals surface area contributed by atoms with Gasteiger partial charge < -0.3 is 24.7 Å². The molecule has 1 aromatic rings. The molecule has 21 heavy (non-hydrogen) atoms. The third-order valence-electron chi connectivity index (χ3n) is 2.88. The molecule has 1 heterocycles. The topological polar surface area (TPSA) is 80.8 Å². The number of nitrogens with zero attached hydrogens (tertiary/aromatic N) is 2. The zero-order valence-electron chi connectivity index (χ0n) is 13.4. The first-order valence-electron chi connectivity index (χ1n) is 7.17. The number of anilines is 1. The van der Waals surface area contributed by atoms with Gasteiger partial charge in [-0.25, -0.2) is 4.68 Å². The fourth-order valence-electron chi connectivity index (χ4n) is 1.80. The molecule has 0 atom stereocenters. The Hall–Kier alpha value is -1.31. The average molecular weight is 301 g/mol. The van der Waals surface area contributed by atoms with Gasteiger partial charge in [-0.15, -0.1) is 0 Å². The fraction of sp³-hybridized carbons (Fsp3) is 0.786. The van der Waals surface area contributed by atoms with Crippen molar-refractivity contribution >= 4 is 5.69 Å². The van der Waals surface area contributed by atoms with Gasteiger partial charge in [0.15, 0.2) is 0 Å². The molecule has 1 aromatic heterocycles. The van der Waals surface area contributed by atoms with Crippen molar-refractivity contribution < 1.29 is 18.9 Å². The Bertz CT molecular complexity index is 407. The van der Waals surface area contributed by atoms with E-state index in [1.165, 1.54) is 0 Å². The van der Waals surface area contributed by atoms with Crippen molar-refractivity contribution in [2.45, 2.75) is 19.8 Å². The second-order valence-corrected chi connectivity index (χ2v) is 4.95. The third kappa shape index (κ3) is 5.91. The largest absolute Gasteiger partial charge is 0.474 e. The minimum Gasteiger partial charge on any atom is -0.474 e. The van der Waals surface area contributed by atoms with Crippen molar-refractivity contribution in [2.24, 2.45) is 7.05 Å². The Labute approximate surface area is 126 Å². The number of rotatable bonds is 11. The van der Waals surface area contributed by atoms with Crippen molar-refractivity contribution in [3.05, 3.63) is 5.69 Å². The summed E-state index contributed by atoms with van der Waals surface area (Å²) in [6, 6.07) is 0. The second kappa shape index (κ2) is 9.59. The highest BCUT2D eigenvalue weighted by molar-refractivity contribution is 5.54. The quantitative estimate of drug-likeness (QED) is 0.618. The van der Waals surface area contributed by atoms with Gasteiger partial charge in [-0.3, -0.25) is 0 Å². The maximum absolute atomic E-state index is 6.03. The van der Waals surface area contributed by atoms with Gasteiger partial charge in [0.2, 0.25) is 5.88 Å². The first-order chi connectivity index (χ1) is 10.1. The van der Waals surface area contributed by atoms with Crippen LogP contribution in [-0.4, -0.2) is 56.5 Å². The van der Waals surface area contributed by atoms with Crippen LogP contribution in [0.25, 0.3) is 0 Å². The smallest absolute Gasteiger partial charge is 0.235 e. The highest BCUT2D eigenvalue weighted by Crippen LogP contribution is 2.29. The number of nitrogen functional groups attached to an aromatic ring is 1. The van der Waals surface area contributed by atoms with Gasteiger partial charge in [-0.05, 0) is 5.92 Å². The molecular weight excluding hydrogens is 274 g/mol. The molecule has 0 aromatic carbocycles. The highest BCUT2D eigenvalue weighted by Gasteiger charge is 2.16. The molecule has 0 aliphatic heterocycles. The summed E-state index contributed by atoms with van der Waals surface area (Å²) < 4.78 is 22.9. The molecule has 7 heteroatoms. The summed E-state index contributed by atoms with van der Waals surface area (Å²) in [7, 11) is 3.47. The first-order valence-corrected chi connectivity index (χ1v) is 7.17. The highest BCUT2D eigenvalue weighted by atomic mass is 16.6. The molecule has 0 bridgehead atoms. The van der Waals surface area contributed by atoms with E-state index in [4.69, 9.17) is 24.7 Å². The molecule has 2 N–H and O–H groups in total. The van der Waals surface area contributed by atoms with Crippen LogP contribution in [0.15, 0.2) is 0 Å². The minimum absolute atomic E-state index is 0.272. The molecule has 0 fully saturated rings. The number of ether oxygens (including phenoxy) is 4. The SMILES string of the molecule is COCCOCCOCCOc1c(N)c(C(C)C)nn1C. The van der Waals surface area contributed by atoms with Gasteiger partial charge in [-0.1, -0.05) is 13.8 Å². The van der Waals surface area contributed by atoms with Crippen LogP contribution in [0.2, 0.25) is 0 Å². The molecule has 7 nitrogen and oxygen atoms in total. The van der Waals surface area contributed by atoms with Gasteiger partial charge >= 0.3 is 0 Å². The van der Waals surface area contributed by atoms with E-state index in [1.54, 1.807) is 11.8 Å². The van der Waals surface area contributed by atoms with E-state index in [0.29, 0.717) is 51.2 Å². The maximum atomic E-state index is 6.03. The zero-order valence-corrected chi connectivity index (χ0v) is 13.4. The first kappa shape index (κ1) is 17.7. The van der Waals surface area contributed by atoms with E-state index in [9.17, 15) is 0 Å². The van der Waals surface area contributed by atoms with Gasteiger partial charge in [0.25, 0.3) is 0 Å². The normalized spacial score (nSPS) is 11.3. The Morgan fingerprint density at radius 1 is 1.05 bits per heavy atom. The zero-order chi connectivity index (χ0) is 15.7. The number of methoxy groups -OCH3 is 1. The Kier molecular flexibility index (Phi) is 8.11. The third-order valence-corrected chi connectivity index (χ3v) is 2.88. The molecule has 0 radical (unpaired) electrons. The monoisotopic (exact) mass is 301 g/mol. The molecule has 0 aliphatic carbocycles. The van der Waals surface area contributed by atoms with Gasteiger partial charge in [0, 0.05) is 14.2 Å². The standard InChI is InChI=1S/C14H27N3O4/c1-11(2)13-12(15)14(17(3)16-13)21-10-9-20-8-7-19-6-5-18-4/h11H,5-10,15H2,1-4H3. The maximum Gasteiger partial charge on any atom is 0.235 e. The van der Waals surface area contributed by atoms with Crippen LogP contribution in [0.3, 0.4) is 0 Å². The summed E-state index contributed by atoms with van der Waals surface area (Å²) in [4.78, 5) is 0. The summed E-state index contributed by atoms with van der Waals surface area (Å²) in [5.41, 5.74) is 7.50. The van der Waals surface area contributed by atoms with E-state index in [0.717, 1.165) is 5.69 Å². The molecule has 0 saturated carbocycles. The van der Waals surface area contributed by atoms with Gasteiger partial charge in [0.1, 0.15) is 12.3 Å². The van der Waals surface area contributed by atoms with Crippen molar-refractivity contribution in [1.29, 1.82) is 0 Å². The Morgan fingerprint density at radius 2 is 1.62 bits per heavy atom. The minimum atomic E-state index is 0.272. The number of hydrogen-bond acceptors (Lipinski definition) is 6. The van der Waals surface area contributed by atoms with Crippen LogP contribution >= 0.6 is 0 Å². The number of aryl methyl sites for hydroxylation is 1.